The van der Waals surface area contributed by atoms with E-state index in [4.69, 9.17) is 17.3 Å². The number of halogens is 3. The van der Waals surface area contributed by atoms with Crippen LogP contribution in [0.1, 0.15) is 15.9 Å². The lowest BCUT2D eigenvalue weighted by Gasteiger charge is -2.12. The third-order valence-corrected chi connectivity index (χ3v) is 3.52. The summed E-state index contributed by atoms with van der Waals surface area (Å²) in [4.78, 5) is 12.2. The van der Waals surface area contributed by atoms with Gasteiger partial charge < -0.3 is 11.1 Å². The minimum atomic E-state index is -0.495. The van der Waals surface area contributed by atoms with Crippen molar-refractivity contribution >= 4 is 44.8 Å². The minimum absolute atomic E-state index is 0.0517. The molecule has 0 aliphatic heterocycles. The number of carbonyl (C=O) groups excluding carboxylic acids is 1. The zero-order valence-electron chi connectivity index (χ0n) is 10.5. The van der Waals surface area contributed by atoms with Gasteiger partial charge in [0.2, 0.25) is 0 Å². The van der Waals surface area contributed by atoms with Crippen LogP contribution >= 0.6 is 27.5 Å². The summed E-state index contributed by atoms with van der Waals surface area (Å²) in [5.74, 6) is -0.932. The lowest BCUT2D eigenvalue weighted by Crippen LogP contribution is -2.15. The van der Waals surface area contributed by atoms with Crippen LogP contribution in [0.3, 0.4) is 0 Å². The summed E-state index contributed by atoms with van der Waals surface area (Å²) in [6, 6.07) is 7.12. The first kappa shape index (κ1) is 14.8. The summed E-state index contributed by atoms with van der Waals surface area (Å²) in [7, 11) is 0. The van der Waals surface area contributed by atoms with Crippen LogP contribution in [0, 0.1) is 12.7 Å². The maximum Gasteiger partial charge on any atom is 0.257 e. The number of hydrogen-bond donors (Lipinski definition) is 2. The molecule has 2 rings (SSSR count). The van der Waals surface area contributed by atoms with Crippen LogP contribution in [0.2, 0.25) is 5.02 Å². The van der Waals surface area contributed by atoms with E-state index in [1.54, 1.807) is 6.07 Å². The first-order chi connectivity index (χ1) is 9.38. The Morgan fingerprint density at radius 2 is 2.05 bits per heavy atom. The highest BCUT2D eigenvalue weighted by Crippen LogP contribution is 2.29. The van der Waals surface area contributed by atoms with Crippen molar-refractivity contribution in [2.24, 2.45) is 0 Å². The van der Waals surface area contributed by atoms with Gasteiger partial charge in [-0.3, -0.25) is 4.79 Å². The molecule has 3 N–H and O–H groups in total. The fourth-order valence-corrected chi connectivity index (χ4v) is 2.64. The Kier molecular flexibility index (Phi) is 4.30. The fourth-order valence-electron chi connectivity index (χ4n) is 1.79. The summed E-state index contributed by atoms with van der Waals surface area (Å²) < 4.78 is 13.8. The molecule has 0 fully saturated rings. The lowest BCUT2D eigenvalue weighted by molar-refractivity contribution is 0.102. The second-order valence-electron chi connectivity index (χ2n) is 4.27. The van der Waals surface area contributed by atoms with Gasteiger partial charge in [0, 0.05) is 4.47 Å². The Morgan fingerprint density at radius 3 is 2.65 bits per heavy atom. The molecule has 2 aromatic carbocycles. The average molecular weight is 358 g/mol. The van der Waals surface area contributed by atoms with Crippen molar-refractivity contribution in [3.8, 4) is 0 Å². The third-order valence-electron chi connectivity index (χ3n) is 2.75. The maximum atomic E-state index is 13.0. The SMILES string of the molecule is Cc1cc(Br)cc(N)c1NC(=O)c1ccc(F)cc1Cl. The van der Waals surface area contributed by atoms with Crippen LogP contribution in [0.4, 0.5) is 15.8 Å². The zero-order valence-corrected chi connectivity index (χ0v) is 12.8. The van der Waals surface area contributed by atoms with Crippen LogP contribution in [-0.4, -0.2) is 5.91 Å². The van der Waals surface area contributed by atoms with E-state index in [2.05, 4.69) is 21.2 Å². The molecule has 0 atom stereocenters. The highest BCUT2D eigenvalue weighted by atomic mass is 79.9. The van der Waals surface area contributed by atoms with E-state index < -0.39 is 11.7 Å². The van der Waals surface area contributed by atoms with Crippen molar-refractivity contribution in [1.29, 1.82) is 0 Å². The molecular weight excluding hydrogens is 347 g/mol. The van der Waals surface area contributed by atoms with E-state index in [-0.39, 0.29) is 10.6 Å². The minimum Gasteiger partial charge on any atom is -0.397 e. The molecule has 0 bridgehead atoms. The van der Waals surface area contributed by atoms with E-state index >= 15 is 0 Å². The monoisotopic (exact) mass is 356 g/mol. The van der Waals surface area contributed by atoms with Crippen molar-refractivity contribution in [3.05, 3.63) is 56.8 Å². The Labute approximate surface area is 129 Å². The second kappa shape index (κ2) is 5.81. The summed E-state index contributed by atoms with van der Waals surface area (Å²) >= 11 is 9.18. The van der Waals surface area contributed by atoms with Crippen molar-refractivity contribution in [2.75, 3.05) is 11.1 Å². The molecule has 3 nitrogen and oxygen atoms in total. The van der Waals surface area contributed by atoms with Gasteiger partial charge in [0.05, 0.1) is 22.0 Å². The zero-order chi connectivity index (χ0) is 14.9. The Balaban J connectivity index is 2.33. The quantitative estimate of drug-likeness (QED) is 0.783. The number of rotatable bonds is 2. The van der Waals surface area contributed by atoms with Gasteiger partial charge in [-0.15, -0.1) is 0 Å². The number of hydrogen-bond acceptors (Lipinski definition) is 2. The molecule has 0 saturated heterocycles. The third kappa shape index (κ3) is 3.11. The highest BCUT2D eigenvalue weighted by Gasteiger charge is 2.14. The first-order valence-corrected chi connectivity index (χ1v) is 6.87. The summed E-state index contributed by atoms with van der Waals surface area (Å²) in [6.45, 7) is 1.82. The van der Waals surface area contributed by atoms with Crippen LogP contribution in [0.15, 0.2) is 34.8 Å². The molecule has 6 heteroatoms. The molecule has 0 unspecified atom stereocenters. The Morgan fingerprint density at radius 1 is 1.35 bits per heavy atom. The number of amides is 1. The number of benzene rings is 2. The van der Waals surface area contributed by atoms with Crippen molar-refractivity contribution in [1.82, 2.24) is 0 Å². The van der Waals surface area contributed by atoms with E-state index in [9.17, 15) is 9.18 Å². The smallest absolute Gasteiger partial charge is 0.257 e. The molecule has 2 aromatic rings. The molecule has 104 valence electrons. The Bertz CT molecular complexity index is 668. The summed E-state index contributed by atoms with van der Waals surface area (Å²) in [6.07, 6.45) is 0. The number of aryl methyl sites for hydroxylation is 1. The van der Waals surface area contributed by atoms with E-state index in [0.717, 1.165) is 16.1 Å². The van der Waals surface area contributed by atoms with E-state index in [1.807, 2.05) is 13.0 Å². The van der Waals surface area contributed by atoms with Gasteiger partial charge in [0.25, 0.3) is 5.91 Å². The highest BCUT2D eigenvalue weighted by molar-refractivity contribution is 9.10. The van der Waals surface area contributed by atoms with Crippen LogP contribution in [-0.2, 0) is 0 Å². The predicted octanol–water partition coefficient (Wildman–Crippen LogP) is 4.38. The summed E-state index contributed by atoms with van der Waals surface area (Å²) in [5, 5.41) is 2.74. The van der Waals surface area contributed by atoms with Gasteiger partial charge in [-0.1, -0.05) is 27.5 Å². The maximum absolute atomic E-state index is 13.0. The normalized spacial score (nSPS) is 10.4. The molecule has 0 heterocycles. The van der Waals surface area contributed by atoms with Gasteiger partial charge >= 0.3 is 0 Å². The van der Waals surface area contributed by atoms with Gasteiger partial charge in [0.15, 0.2) is 0 Å². The van der Waals surface area contributed by atoms with Crippen LogP contribution in [0.25, 0.3) is 0 Å². The first-order valence-electron chi connectivity index (χ1n) is 5.70. The Hall–Kier alpha value is -1.59. The predicted molar refractivity (Wildman–Crippen MR) is 82.7 cm³/mol. The molecule has 0 aliphatic rings. The van der Waals surface area contributed by atoms with Crippen molar-refractivity contribution in [2.45, 2.75) is 6.92 Å². The standard InChI is InChI=1S/C14H11BrClFN2O/c1-7-4-8(15)5-12(18)13(7)19-14(20)10-3-2-9(17)6-11(10)16/h2-6H,18H2,1H3,(H,19,20). The largest absolute Gasteiger partial charge is 0.397 e. The van der Waals surface area contributed by atoms with Crippen LogP contribution in [0.5, 0.6) is 0 Å². The van der Waals surface area contributed by atoms with E-state index in [1.165, 1.54) is 12.1 Å². The van der Waals surface area contributed by atoms with Crippen LogP contribution < -0.4 is 11.1 Å². The van der Waals surface area contributed by atoms with Gasteiger partial charge in [-0.25, -0.2) is 4.39 Å². The molecule has 0 spiro atoms. The molecule has 0 saturated carbocycles. The number of nitrogens with two attached hydrogens (primary N) is 1. The second-order valence-corrected chi connectivity index (χ2v) is 5.59. The van der Waals surface area contributed by atoms with E-state index in [0.29, 0.717) is 11.4 Å². The number of nitrogen functional groups attached to an aromatic ring is 1. The van der Waals surface area contributed by atoms with Crippen molar-refractivity contribution < 1.29 is 9.18 Å². The lowest BCUT2D eigenvalue weighted by atomic mass is 10.1. The fraction of sp³-hybridized carbons (Fsp3) is 0.0714. The average Bonchev–Trinajstić information content (AvgIpc) is 2.33. The number of carbonyl (C=O) groups is 1. The summed E-state index contributed by atoms with van der Waals surface area (Å²) in [5.41, 5.74) is 7.82. The molecule has 1 amide bonds. The van der Waals surface area contributed by atoms with Gasteiger partial charge in [0.1, 0.15) is 5.82 Å². The topological polar surface area (TPSA) is 55.1 Å². The van der Waals surface area contributed by atoms with Crippen molar-refractivity contribution in [3.63, 3.8) is 0 Å². The van der Waals surface area contributed by atoms with Gasteiger partial charge in [-0.05, 0) is 42.8 Å². The molecule has 0 radical (unpaired) electrons. The number of anilines is 2. The molecule has 0 aliphatic carbocycles. The molecule has 0 aromatic heterocycles. The number of nitrogens with one attached hydrogen (secondary N) is 1. The molecular formula is C14H11BrClFN2O. The van der Waals surface area contributed by atoms with Gasteiger partial charge in [-0.2, -0.15) is 0 Å². The molecule has 20 heavy (non-hydrogen) atoms.